The van der Waals surface area contributed by atoms with Crippen molar-refractivity contribution in [3.63, 3.8) is 0 Å². The Hall–Kier alpha value is -1.63. The Morgan fingerprint density at radius 2 is 2.05 bits per heavy atom. The highest BCUT2D eigenvalue weighted by atomic mass is 16.5. The predicted molar refractivity (Wildman–Crippen MR) is 70.9 cm³/mol. The number of methoxy groups -OCH3 is 1. The van der Waals surface area contributed by atoms with Crippen molar-refractivity contribution in [2.24, 2.45) is 11.8 Å². The first-order valence-corrected chi connectivity index (χ1v) is 6.68. The van der Waals surface area contributed by atoms with Gasteiger partial charge in [-0.25, -0.2) is 5.84 Å². The Bertz CT molecular complexity index is 393. The van der Waals surface area contributed by atoms with Crippen LogP contribution in [0.1, 0.15) is 39.0 Å². The quantitative estimate of drug-likeness (QED) is 0.616. The zero-order chi connectivity index (χ0) is 13.7. The lowest BCUT2D eigenvalue weighted by molar-refractivity contribution is 0.110. The van der Waals surface area contributed by atoms with Crippen molar-refractivity contribution in [1.29, 1.82) is 0 Å². The maximum atomic E-state index is 5.83. The first kappa shape index (κ1) is 13.8. The molecule has 1 aliphatic carbocycles. The van der Waals surface area contributed by atoms with Crippen molar-refractivity contribution in [2.45, 2.75) is 45.1 Å². The number of nitrogen functional groups attached to an aromatic ring is 1. The molecule has 3 N–H and O–H groups in total. The molecule has 2 unspecified atom stereocenters. The Labute approximate surface area is 112 Å². The summed E-state index contributed by atoms with van der Waals surface area (Å²) in [6.07, 6.45) is 5.91. The Kier molecular flexibility index (Phi) is 4.73. The molecule has 0 aromatic carbocycles. The van der Waals surface area contributed by atoms with Crippen LogP contribution in [0.3, 0.4) is 0 Å². The van der Waals surface area contributed by atoms with E-state index in [1.165, 1.54) is 26.4 Å². The predicted octanol–water partition coefficient (Wildman–Crippen LogP) is 1.51. The van der Waals surface area contributed by atoms with Crippen LogP contribution in [0, 0.1) is 5.92 Å². The fourth-order valence-electron chi connectivity index (χ4n) is 2.42. The molecule has 106 valence electrons. The number of anilines is 1. The Morgan fingerprint density at radius 1 is 1.26 bits per heavy atom. The molecule has 7 heteroatoms. The first-order chi connectivity index (χ1) is 9.25. The number of rotatable bonds is 5. The standard InChI is InChI=1S/C12H21N5O2/c1-3-8-5-4-6-9(7-8)19-12-15-10(17-13)14-11(16-12)18-2/h8-9H,3-7,13H2,1-2H3,(H,14,15,16,17). The van der Waals surface area contributed by atoms with Crippen LogP contribution in [0.15, 0.2) is 0 Å². The normalized spacial score (nSPS) is 22.9. The number of nitrogens with zero attached hydrogens (tertiary/aromatic N) is 3. The van der Waals surface area contributed by atoms with Crippen molar-refractivity contribution >= 4 is 5.95 Å². The van der Waals surface area contributed by atoms with E-state index < -0.39 is 0 Å². The van der Waals surface area contributed by atoms with Gasteiger partial charge in [0.15, 0.2) is 0 Å². The minimum atomic E-state index is 0.163. The molecule has 1 aromatic heterocycles. The maximum Gasteiger partial charge on any atom is 0.324 e. The molecule has 2 atom stereocenters. The highest BCUT2D eigenvalue weighted by Gasteiger charge is 2.23. The van der Waals surface area contributed by atoms with E-state index in [9.17, 15) is 0 Å². The van der Waals surface area contributed by atoms with E-state index in [1.807, 2.05) is 0 Å². The van der Waals surface area contributed by atoms with Gasteiger partial charge in [0.1, 0.15) is 6.10 Å². The van der Waals surface area contributed by atoms with Gasteiger partial charge in [0.05, 0.1) is 7.11 Å². The minimum absolute atomic E-state index is 0.163. The van der Waals surface area contributed by atoms with Crippen LogP contribution in [0.4, 0.5) is 5.95 Å². The van der Waals surface area contributed by atoms with Gasteiger partial charge in [-0.1, -0.05) is 19.8 Å². The molecule has 0 bridgehead atoms. The molecule has 7 nitrogen and oxygen atoms in total. The van der Waals surface area contributed by atoms with Gasteiger partial charge in [0.2, 0.25) is 5.95 Å². The molecule has 0 saturated heterocycles. The second-order valence-electron chi connectivity index (χ2n) is 4.75. The number of aromatic nitrogens is 3. The summed E-state index contributed by atoms with van der Waals surface area (Å²) >= 11 is 0. The lowest BCUT2D eigenvalue weighted by atomic mass is 9.86. The van der Waals surface area contributed by atoms with Crippen LogP contribution < -0.4 is 20.7 Å². The molecule has 0 radical (unpaired) electrons. The number of hydrogen-bond acceptors (Lipinski definition) is 7. The smallest absolute Gasteiger partial charge is 0.324 e. The van der Waals surface area contributed by atoms with E-state index in [4.69, 9.17) is 15.3 Å². The molecule has 0 spiro atoms. The van der Waals surface area contributed by atoms with Crippen molar-refractivity contribution in [2.75, 3.05) is 12.5 Å². The second kappa shape index (κ2) is 6.51. The summed E-state index contributed by atoms with van der Waals surface area (Å²) in [6, 6.07) is 0.461. The third kappa shape index (κ3) is 3.66. The molecule has 1 heterocycles. The monoisotopic (exact) mass is 267 g/mol. The second-order valence-corrected chi connectivity index (χ2v) is 4.75. The van der Waals surface area contributed by atoms with Gasteiger partial charge >= 0.3 is 12.0 Å². The average Bonchev–Trinajstić information content (AvgIpc) is 2.47. The summed E-state index contributed by atoms with van der Waals surface area (Å²) < 4.78 is 10.8. The third-order valence-corrected chi connectivity index (χ3v) is 3.49. The first-order valence-electron chi connectivity index (χ1n) is 6.68. The topological polar surface area (TPSA) is 95.2 Å². The van der Waals surface area contributed by atoms with Crippen molar-refractivity contribution < 1.29 is 9.47 Å². The SMILES string of the molecule is CCC1CCCC(Oc2nc(NN)nc(OC)n2)C1. The number of hydrogen-bond donors (Lipinski definition) is 2. The van der Waals surface area contributed by atoms with Gasteiger partial charge < -0.3 is 9.47 Å². The van der Waals surface area contributed by atoms with Gasteiger partial charge in [0, 0.05) is 0 Å². The number of nitrogens with two attached hydrogens (primary N) is 1. The van der Waals surface area contributed by atoms with Crippen molar-refractivity contribution in [1.82, 2.24) is 15.0 Å². The number of nitrogens with one attached hydrogen (secondary N) is 1. The maximum absolute atomic E-state index is 5.83. The molecule has 19 heavy (non-hydrogen) atoms. The highest BCUT2D eigenvalue weighted by molar-refractivity contribution is 5.25. The largest absolute Gasteiger partial charge is 0.467 e. The van der Waals surface area contributed by atoms with Gasteiger partial charge in [-0.15, -0.1) is 4.98 Å². The van der Waals surface area contributed by atoms with E-state index in [1.54, 1.807) is 0 Å². The molecular formula is C12H21N5O2. The summed E-state index contributed by atoms with van der Waals surface area (Å²) in [6.45, 7) is 2.22. The summed E-state index contributed by atoms with van der Waals surface area (Å²) in [5.41, 5.74) is 2.38. The lowest BCUT2D eigenvalue weighted by Gasteiger charge is -2.28. The van der Waals surface area contributed by atoms with E-state index in [2.05, 4.69) is 27.3 Å². The van der Waals surface area contributed by atoms with Crippen LogP contribution in [0.25, 0.3) is 0 Å². The molecule has 1 aliphatic rings. The summed E-state index contributed by atoms with van der Waals surface area (Å²) in [5, 5.41) is 0. The molecule has 0 amide bonds. The van der Waals surface area contributed by atoms with E-state index in [0.29, 0.717) is 0 Å². The third-order valence-electron chi connectivity index (χ3n) is 3.49. The zero-order valence-corrected chi connectivity index (χ0v) is 11.4. The Balaban J connectivity index is 2.05. The molecule has 2 rings (SSSR count). The number of ether oxygens (including phenoxy) is 2. The highest BCUT2D eigenvalue weighted by Crippen LogP contribution is 2.29. The fraction of sp³-hybridized carbons (Fsp3) is 0.750. The minimum Gasteiger partial charge on any atom is -0.467 e. The fourth-order valence-corrected chi connectivity index (χ4v) is 2.42. The van der Waals surface area contributed by atoms with Crippen LogP contribution in [0.2, 0.25) is 0 Å². The van der Waals surface area contributed by atoms with E-state index in [-0.39, 0.29) is 24.1 Å². The summed E-state index contributed by atoms with van der Waals surface area (Å²) in [4.78, 5) is 12.1. The van der Waals surface area contributed by atoms with Gasteiger partial charge in [-0.05, 0) is 25.2 Å². The molecule has 1 saturated carbocycles. The summed E-state index contributed by atoms with van der Waals surface area (Å²) in [5.74, 6) is 6.28. The summed E-state index contributed by atoms with van der Waals surface area (Å²) in [7, 11) is 1.49. The van der Waals surface area contributed by atoms with Crippen LogP contribution in [-0.4, -0.2) is 28.2 Å². The Morgan fingerprint density at radius 3 is 2.74 bits per heavy atom. The van der Waals surface area contributed by atoms with Gasteiger partial charge in [0.25, 0.3) is 0 Å². The molecule has 1 fully saturated rings. The van der Waals surface area contributed by atoms with E-state index >= 15 is 0 Å². The van der Waals surface area contributed by atoms with Gasteiger partial charge in [-0.2, -0.15) is 9.97 Å². The van der Waals surface area contributed by atoms with Crippen LogP contribution in [-0.2, 0) is 0 Å². The molecule has 1 aromatic rings. The van der Waals surface area contributed by atoms with Crippen molar-refractivity contribution in [3.8, 4) is 12.0 Å². The van der Waals surface area contributed by atoms with Crippen LogP contribution in [0.5, 0.6) is 12.0 Å². The van der Waals surface area contributed by atoms with Crippen LogP contribution >= 0.6 is 0 Å². The lowest BCUT2D eigenvalue weighted by Crippen LogP contribution is -2.26. The van der Waals surface area contributed by atoms with E-state index in [0.717, 1.165) is 18.8 Å². The van der Waals surface area contributed by atoms with Gasteiger partial charge in [-0.3, -0.25) is 5.43 Å². The molecular weight excluding hydrogens is 246 g/mol. The zero-order valence-electron chi connectivity index (χ0n) is 11.4. The molecule has 0 aliphatic heterocycles. The van der Waals surface area contributed by atoms with Crippen molar-refractivity contribution in [3.05, 3.63) is 0 Å². The average molecular weight is 267 g/mol. The number of hydrazine groups is 1.